The lowest BCUT2D eigenvalue weighted by atomic mass is 9.98. The predicted molar refractivity (Wildman–Crippen MR) is 131 cm³/mol. The van der Waals surface area contributed by atoms with Crippen LogP contribution < -0.4 is 10.6 Å². The number of amides is 2. The van der Waals surface area contributed by atoms with Gasteiger partial charge >= 0.3 is 12.1 Å². The summed E-state index contributed by atoms with van der Waals surface area (Å²) in [4.78, 5) is 36.5. The lowest BCUT2D eigenvalue weighted by Crippen LogP contribution is -2.45. The summed E-state index contributed by atoms with van der Waals surface area (Å²) in [6.07, 6.45) is 1.12. The number of benzene rings is 2. The Morgan fingerprint density at radius 2 is 1.53 bits per heavy atom. The molecule has 2 aromatic carbocycles. The number of carbonyl (C=O) groups is 3. The second kappa shape index (κ2) is 11.7. The highest BCUT2D eigenvalue weighted by molar-refractivity contribution is 5.84. The zero-order valence-electron chi connectivity index (χ0n) is 20.0. The van der Waals surface area contributed by atoms with Gasteiger partial charge in [-0.25, -0.2) is 9.59 Å². The third-order valence-corrected chi connectivity index (χ3v) is 6.56. The van der Waals surface area contributed by atoms with Crippen LogP contribution in [0.25, 0.3) is 11.1 Å². The first-order chi connectivity index (χ1) is 16.3. The quantitative estimate of drug-likeness (QED) is 0.445. The fourth-order valence-corrected chi connectivity index (χ4v) is 4.37. The van der Waals surface area contributed by atoms with Crippen molar-refractivity contribution in [2.75, 3.05) is 6.61 Å². The Balaban J connectivity index is 1.55. The fourth-order valence-electron chi connectivity index (χ4n) is 4.37. The molecule has 1 aliphatic carbocycles. The standard InChI is InChI=1S/C27H34N2O5/c1-4-17(3)14-24(26(31)32)29-25(30)15-18(5-2)28-27(33)34-16-23-21-12-8-6-10-19(21)20-11-7-9-13-22(20)23/h6-13,17-18,23-24H,4-5,14-16H2,1-3H3,(H,28,33)(H,29,30)(H,31,32)/t17?,18-,24?/m1/s1. The molecule has 0 bridgehead atoms. The van der Waals surface area contributed by atoms with Crippen molar-refractivity contribution in [1.29, 1.82) is 0 Å². The summed E-state index contributed by atoms with van der Waals surface area (Å²) in [5.41, 5.74) is 4.56. The molecule has 0 aliphatic heterocycles. The van der Waals surface area contributed by atoms with Gasteiger partial charge in [0.1, 0.15) is 12.6 Å². The lowest BCUT2D eigenvalue weighted by Gasteiger charge is -2.21. The molecular weight excluding hydrogens is 432 g/mol. The van der Waals surface area contributed by atoms with Gasteiger partial charge in [-0.3, -0.25) is 4.79 Å². The number of alkyl carbamates (subject to hydrolysis) is 1. The van der Waals surface area contributed by atoms with E-state index in [1.807, 2.05) is 45.0 Å². The lowest BCUT2D eigenvalue weighted by molar-refractivity contribution is -0.142. The van der Waals surface area contributed by atoms with E-state index in [4.69, 9.17) is 4.74 Å². The second-order valence-corrected chi connectivity index (χ2v) is 8.99. The van der Waals surface area contributed by atoms with Crippen LogP contribution in [0.1, 0.15) is 63.5 Å². The average molecular weight is 467 g/mol. The highest BCUT2D eigenvalue weighted by Crippen LogP contribution is 2.44. The van der Waals surface area contributed by atoms with E-state index in [0.29, 0.717) is 12.8 Å². The largest absolute Gasteiger partial charge is 0.480 e. The van der Waals surface area contributed by atoms with Crippen molar-refractivity contribution in [3.63, 3.8) is 0 Å². The van der Waals surface area contributed by atoms with Gasteiger partial charge in [-0.1, -0.05) is 75.7 Å². The molecule has 7 heteroatoms. The first kappa shape index (κ1) is 25.3. The molecule has 2 unspecified atom stereocenters. The highest BCUT2D eigenvalue weighted by atomic mass is 16.5. The van der Waals surface area contributed by atoms with Crippen LogP contribution in [0.5, 0.6) is 0 Å². The number of hydrogen-bond acceptors (Lipinski definition) is 4. The van der Waals surface area contributed by atoms with Crippen molar-refractivity contribution in [2.45, 2.75) is 64.5 Å². The van der Waals surface area contributed by atoms with Gasteiger partial charge in [-0.15, -0.1) is 0 Å². The molecule has 0 heterocycles. The molecule has 1 aliphatic rings. The number of fused-ring (bicyclic) bond motifs is 3. The van der Waals surface area contributed by atoms with Crippen molar-refractivity contribution in [3.8, 4) is 11.1 Å². The van der Waals surface area contributed by atoms with Gasteiger partial charge in [0.05, 0.1) is 0 Å². The van der Waals surface area contributed by atoms with E-state index >= 15 is 0 Å². The first-order valence-electron chi connectivity index (χ1n) is 12.0. The molecule has 34 heavy (non-hydrogen) atoms. The number of rotatable bonds is 11. The Morgan fingerprint density at radius 1 is 0.941 bits per heavy atom. The van der Waals surface area contributed by atoms with Gasteiger partial charge in [0.25, 0.3) is 0 Å². The summed E-state index contributed by atoms with van der Waals surface area (Å²) >= 11 is 0. The van der Waals surface area contributed by atoms with Crippen molar-refractivity contribution < 1.29 is 24.2 Å². The molecule has 0 radical (unpaired) electrons. The van der Waals surface area contributed by atoms with Crippen LogP contribution in [0, 0.1) is 5.92 Å². The summed E-state index contributed by atoms with van der Waals surface area (Å²) < 4.78 is 5.56. The van der Waals surface area contributed by atoms with Crippen molar-refractivity contribution in [2.24, 2.45) is 5.92 Å². The maximum atomic E-state index is 12.5. The van der Waals surface area contributed by atoms with Crippen LogP contribution in [-0.4, -0.2) is 41.8 Å². The number of carboxylic acid groups (broad SMARTS) is 1. The van der Waals surface area contributed by atoms with Gasteiger partial charge in [0, 0.05) is 18.4 Å². The molecule has 0 saturated carbocycles. The maximum Gasteiger partial charge on any atom is 0.407 e. The third kappa shape index (κ3) is 6.16. The smallest absolute Gasteiger partial charge is 0.407 e. The summed E-state index contributed by atoms with van der Waals surface area (Å²) in [6.45, 7) is 5.99. The first-order valence-corrected chi connectivity index (χ1v) is 12.0. The van der Waals surface area contributed by atoms with Gasteiger partial charge in [0.2, 0.25) is 5.91 Å². The third-order valence-electron chi connectivity index (χ3n) is 6.56. The van der Waals surface area contributed by atoms with Gasteiger partial charge in [-0.05, 0) is 41.0 Å². The van der Waals surface area contributed by atoms with Crippen LogP contribution >= 0.6 is 0 Å². The van der Waals surface area contributed by atoms with E-state index < -0.39 is 30.1 Å². The number of carboxylic acids is 1. The number of hydrogen-bond donors (Lipinski definition) is 3. The van der Waals surface area contributed by atoms with Gasteiger partial charge in [0.15, 0.2) is 0 Å². The Bertz CT molecular complexity index is 976. The van der Waals surface area contributed by atoms with Crippen LogP contribution in [0.15, 0.2) is 48.5 Å². The molecular formula is C27H34N2O5. The van der Waals surface area contributed by atoms with Crippen molar-refractivity contribution in [1.82, 2.24) is 10.6 Å². The van der Waals surface area contributed by atoms with E-state index in [1.54, 1.807) is 0 Å². The van der Waals surface area contributed by atoms with Crippen LogP contribution in [0.3, 0.4) is 0 Å². The molecule has 0 spiro atoms. The van der Waals surface area contributed by atoms with E-state index in [-0.39, 0.29) is 24.9 Å². The van der Waals surface area contributed by atoms with Crippen molar-refractivity contribution >= 4 is 18.0 Å². The predicted octanol–water partition coefficient (Wildman–Crippen LogP) is 4.70. The Kier molecular flexibility index (Phi) is 8.68. The van der Waals surface area contributed by atoms with E-state index in [1.165, 1.54) is 0 Å². The van der Waals surface area contributed by atoms with Gasteiger partial charge in [-0.2, -0.15) is 0 Å². The average Bonchev–Trinajstić information content (AvgIpc) is 3.15. The zero-order chi connectivity index (χ0) is 24.7. The van der Waals surface area contributed by atoms with Crippen LogP contribution in [0.2, 0.25) is 0 Å². The molecule has 0 fully saturated rings. The molecule has 3 rings (SSSR count). The van der Waals surface area contributed by atoms with Crippen molar-refractivity contribution in [3.05, 3.63) is 59.7 Å². The summed E-state index contributed by atoms with van der Waals surface area (Å²) in [5, 5.41) is 14.8. The monoisotopic (exact) mass is 466 g/mol. The van der Waals surface area contributed by atoms with E-state index in [2.05, 4.69) is 34.9 Å². The summed E-state index contributed by atoms with van der Waals surface area (Å²) in [7, 11) is 0. The Hall–Kier alpha value is -3.35. The van der Waals surface area contributed by atoms with Crippen LogP contribution in [0.4, 0.5) is 4.79 Å². The molecule has 0 aromatic heterocycles. The minimum Gasteiger partial charge on any atom is -0.480 e. The fraction of sp³-hybridized carbons (Fsp3) is 0.444. The molecule has 2 aromatic rings. The maximum absolute atomic E-state index is 12.5. The van der Waals surface area contributed by atoms with Crippen LogP contribution in [-0.2, 0) is 14.3 Å². The Morgan fingerprint density at radius 3 is 2.06 bits per heavy atom. The minimum absolute atomic E-state index is 0.00895. The molecule has 3 atom stereocenters. The Labute approximate surface area is 200 Å². The van der Waals surface area contributed by atoms with Gasteiger partial charge < -0.3 is 20.5 Å². The number of aliphatic carboxylic acids is 1. The summed E-state index contributed by atoms with van der Waals surface area (Å²) in [5.74, 6) is -1.31. The normalized spacial score (nSPS) is 14.9. The number of nitrogens with one attached hydrogen (secondary N) is 2. The number of carbonyl (C=O) groups excluding carboxylic acids is 2. The molecule has 2 amide bonds. The second-order valence-electron chi connectivity index (χ2n) is 8.99. The van der Waals surface area contributed by atoms with E-state index in [0.717, 1.165) is 28.7 Å². The summed E-state index contributed by atoms with van der Waals surface area (Å²) in [6, 6.07) is 14.8. The zero-order valence-corrected chi connectivity index (χ0v) is 20.0. The molecule has 0 saturated heterocycles. The molecule has 7 nitrogen and oxygen atoms in total. The topological polar surface area (TPSA) is 105 Å². The molecule has 182 valence electrons. The SMILES string of the molecule is CCC(C)CC(NC(=O)C[C@@H](CC)NC(=O)OCC1c2ccccc2-c2ccccc21)C(=O)O. The van der Waals surface area contributed by atoms with E-state index in [9.17, 15) is 19.5 Å². The highest BCUT2D eigenvalue weighted by Gasteiger charge is 2.29. The minimum atomic E-state index is -1.05. The molecule has 3 N–H and O–H groups in total. The number of ether oxygens (including phenoxy) is 1.